The number of anilines is 1. The van der Waals surface area contributed by atoms with Crippen LogP contribution in [0.25, 0.3) is 5.69 Å². The predicted molar refractivity (Wildman–Crippen MR) is 60.3 cm³/mol. The first kappa shape index (κ1) is 9.71. The second-order valence-corrected chi connectivity index (χ2v) is 3.22. The summed E-state index contributed by atoms with van der Waals surface area (Å²) in [7, 11) is 1.86. The third-order valence-electron chi connectivity index (χ3n) is 2.31. The first-order chi connectivity index (χ1) is 7.35. The van der Waals surface area contributed by atoms with Crippen LogP contribution in [0.3, 0.4) is 0 Å². The first-order valence-electron chi connectivity index (χ1n) is 5.01. The fourth-order valence-electron chi connectivity index (χ4n) is 1.54. The van der Waals surface area contributed by atoms with Gasteiger partial charge in [-0.1, -0.05) is 6.92 Å². The van der Waals surface area contributed by atoms with Crippen molar-refractivity contribution >= 4 is 5.82 Å². The van der Waals surface area contributed by atoms with Gasteiger partial charge in [-0.15, -0.1) is 0 Å². The molecule has 0 unspecified atom stereocenters. The summed E-state index contributed by atoms with van der Waals surface area (Å²) in [5, 5.41) is 3.02. The summed E-state index contributed by atoms with van der Waals surface area (Å²) in [6.45, 7) is 2.10. The number of aryl methyl sites for hydroxylation is 1. The predicted octanol–water partition coefficient (Wildman–Crippen LogP) is 1.87. The standard InChI is InChI=1S/C11H14N4/c1-3-11-14-6-7-15(11)9-4-5-13-10(8-9)12-2/h4-8H,3H2,1-2H3,(H,12,13). The van der Waals surface area contributed by atoms with Crippen molar-refractivity contribution in [1.29, 1.82) is 0 Å². The molecule has 4 nitrogen and oxygen atoms in total. The summed E-state index contributed by atoms with van der Waals surface area (Å²) in [4.78, 5) is 8.47. The summed E-state index contributed by atoms with van der Waals surface area (Å²) in [5.41, 5.74) is 1.09. The van der Waals surface area contributed by atoms with E-state index in [2.05, 4.69) is 26.8 Å². The van der Waals surface area contributed by atoms with Crippen LogP contribution < -0.4 is 5.32 Å². The Balaban J connectivity index is 2.44. The molecule has 2 heterocycles. The van der Waals surface area contributed by atoms with Gasteiger partial charge in [0.05, 0.1) is 5.69 Å². The van der Waals surface area contributed by atoms with Crippen LogP contribution in [-0.4, -0.2) is 21.6 Å². The molecule has 15 heavy (non-hydrogen) atoms. The zero-order chi connectivity index (χ0) is 10.7. The summed E-state index contributed by atoms with van der Waals surface area (Å²) in [6.07, 6.45) is 6.50. The van der Waals surface area contributed by atoms with E-state index < -0.39 is 0 Å². The topological polar surface area (TPSA) is 42.7 Å². The van der Waals surface area contributed by atoms with Gasteiger partial charge in [0.15, 0.2) is 0 Å². The Morgan fingerprint density at radius 1 is 1.33 bits per heavy atom. The molecule has 0 aromatic carbocycles. The number of hydrogen-bond acceptors (Lipinski definition) is 3. The van der Waals surface area contributed by atoms with Gasteiger partial charge < -0.3 is 9.88 Å². The van der Waals surface area contributed by atoms with Gasteiger partial charge in [-0.05, 0) is 6.07 Å². The summed E-state index contributed by atoms with van der Waals surface area (Å²) in [6, 6.07) is 3.97. The van der Waals surface area contributed by atoms with Crippen molar-refractivity contribution in [1.82, 2.24) is 14.5 Å². The number of imidazole rings is 1. The van der Waals surface area contributed by atoms with E-state index in [0.717, 1.165) is 23.8 Å². The normalized spacial score (nSPS) is 10.3. The Morgan fingerprint density at radius 3 is 2.93 bits per heavy atom. The fraction of sp³-hybridized carbons (Fsp3) is 0.273. The van der Waals surface area contributed by atoms with E-state index in [1.165, 1.54) is 0 Å². The lowest BCUT2D eigenvalue weighted by Crippen LogP contribution is -2.00. The molecule has 4 heteroatoms. The van der Waals surface area contributed by atoms with Gasteiger partial charge in [0, 0.05) is 38.1 Å². The Labute approximate surface area is 89.0 Å². The molecule has 2 aromatic heterocycles. The molecule has 0 aliphatic rings. The number of pyridine rings is 1. The minimum atomic E-state index is 0.864. The lowest BCUT2D eigenvalue weighted by molar-refractivity contribution is 0.889. The summed E-state index contributed by atoms with van der Waals surface area (Å²) < 4.78 is 2.07. The molecule has 0 amide bonds. The maximum Gasteiger partial charge on any atom is 0.127 e. The van der Waals surface area contributed by atoms with Gasteiger partial charge >= 0.3 is 0 Å². The average Bonchev–Trinajstić information content (AvgIpc) is 2.77. The molecular weight excluding hydrogens is 188 g/mol. The van der Waals surface area contributed by atoms with E-state index in [1.807, 2.05) is 31.6 Å². The smallest absolute Gasteiger partial charge is 0.127 e. The Hall–Kier alpha value is -1.84. The molecule has 0 fully saturated rings. The molecule has 1 N–H and O–H groups in total. The van der Waals surface area contributed by atoms with Gasteiger partial charge in [-0.2, -0.15) is 0 Å². The monoisotopic (exact) mass is 202 g/mol. The molecule has 0 aliphatic heterocycles. The highest BCUT2D eigenvalue weighted by molar-refractivity contribution is 5.44. The highest BCUT2D eigenvalue weighted by Gasteiger charge is 2.03. The van der Waals surface area contributed by atoms with Crippen LogP contribution in [-0.2, 0) is 6.42 Å². The minimum Gasteiger partial charge on any atom is -0.373 e. The molecule has 2 aromatic rings. The molecule has 0 atom stereocenters. The molecule has 0 bridgehead atoms. The van der Waals surface area contributed by atoms with Crippen molar-refractivity contribution in [2.75, 3.05) is 12.4 Å². The average molecular weight is 202 g/mol. The van der Waals surface area contributed by atoms with Crippen molar-refractivity contribution < 1.29 is 0 Å². The van der Waals surface area contributed by atoms with E-state index in [-0.39, 0.29) is 0 Å². The molecule has 0 aliphatic carbocycles. The summed E-state index contributed by atoms with van der Waals surface area (Å²) >= 11 is 0. The number of nitrogens with one attached hydrogen (secondary N) is 1. The van der Waals surface area contributed by atoms with Crippen LogP contribution in [0.4, 0.5) is 5.82 Å². The minimum absolute atomic E-state index is 0.864. The van der Waals surface area contributed by atoms with Crippen molar-refractivity contribution in [3.8, 4) is 5.69 Å². The van der Waals surface area contributed by atoms with Crippen LogP contribution in [0, 0.1) is 0 Å². The Bertz CT molecular complexity index is 447. The van der Waals surface area contributed by atoms with Crippen molar-refractivity contribution in [2.24, 2.45) is 0 Å². The lowest BCUT2D eigenvalue weighted by Gasteiger charge is -2.07. The largest absolute Gasteiger partial charge is 0.373 e. The maximum absolute atomic E-state index is 4.29. The fourth-order valence-corrected chi connectivity index (χ4v) is 1.54. The van der Waals surface area contributed by atoms with Gasteiger partial charge in [0.2, 0.25) is 0 Å². The van der Waals surface area contributed by atoms with Gasteiger partial charge in [-0.25, -0.2) is 9.97 Å². The van der Waals surface area contributed by atoms with E-state index in [0.29, 0.717) is 0 Å². The molecule has 78 valence electrons. The lowest BCUT2D eigenvalue weighted by atomic mass is 10.3. The van der Waals surface area contributed by atoms with Crippen molar-refractivity contribution in [2.45, 2.75) is 13.3 Å². The highest BCUT2D eigenvalue weighted by Crippen LogP contribution is 2.13. The summed E-state index contributed by atoms with van der Waals surface area (Å²) in [5.74, 6) is 1.92. The van der Waals surface area contributed by atoms with Crippen LogP contribution in [0.1, 0.15) is 12.7 Å². The Morgan fingerprint density at radius 2 is 2.20 bits per heavy atom. The zero-order valence-corrected chi connectivity index (χ0v) is 8.94. The van der Waals surface area contributed by atoms with E-state index in [4.69, 9.17) is 0 Å². The third-order valence-corrected chi connectivity index (χ3v) is 2.31. The van der Waals surface area contributed by atoms with Crippen LogP contribution in [0.5, 0.6) is 0 Å². The molecule has 0 radical (unpaired) electrons. The number of hydrogen-bond donors (Lipinski definition) is 1. The van der Waals surface area contributed by atoms with Gasteiger partial charge in [-0.3, -0.25) is 0 Å². The molecule has 0 saturated heterocycles. The van der Waals surface area contributed by atoms with Crippen molar-refractivity contribution in [3.05, 3.63) is 36.5 Å². The number of aromatic nitrogens is 3. The van der Waals surface area contributed by atoms with Crippen LogP contribution >= 0.6 is 0 Å². The second kappa shape index (κ2) is 4.13. The molecule has 0 spiro atoms. The van der Waals surface area contributed by atoms with Gasteiger partial charge in [0.25, 0.3) is 0 Å². The van der Waals surface area contributed by atoms with E-state index in [9.17, 15) is 0 Å². The van der Waals surface area contributed by atoms with Crippen LogP contribution in [0.2, 0.25) is 0 Å². The number of rotatable bonds is 3. The zero-order valence-electron chi connectivity index (χ0n) is 8.94. The SMILES string of the molecule is CCc1nccn1-c1ccnc(NC)c1. The third kappa shape index (κ3) is 1.83. The van der Waals surface area contributed by atoms with Crippen molar-refractivity contribution in [3.63, 3.8) is 0 Å². The first-order valence-corrected chi connectivity index (χ1v) is 5.01. The highest BCUT2D eigenvalue weighted by atomic mass is 15.1. The Kier molecular flexibility index (Phi) is 2.67. The maximum atomic E-state index is 4.29. The molecule has 0 saturated carbocycles. The van der Waals surface area contributed by atoms with Gasteiger partial charge in [0.1, 0.15) is 11.6 Å². The second-order valence-electron chi connectivity index (χ2n) is 3.22. The molecule has 2 rings (SSSR count). The van der Waals surface area contributed by atoms with Crippen LogP contribution in [0.15, 0.2) is 30.7 Å². The quantitative estimate of drug-likeness (QED) is 0.826. The molecular formula is C11H14N4. The van der Waals surface area contributed by atoms with E-state index >= 15 is 0 Å². The van der Waals surface area contributed by atoms with E-state index in [1.54, 1.807) is 6.20 Å². The number of nitrogens with zero attached hydrogens (tertiary/aromatic N) is 3.